The second-order valence-electron chi connectivity index (χ2n) is 4.36. The SMILES string of the molecule is CC(=O)c1cc(NC(C)(CO)CO)ccc1N. The summed E-state index contributed by atoms with van der Waals surface area (Å²) in [4.78, 5) is 11.3. The molecular weight excluding hydrogens is 220 g/mol. The Morgan fingerprint density at radius 1 is 1.41 bits per heavy atom. The monoisotopic (exact) mass is 238 g/mol. The number of benzene rings is 1. The van der Waals surface area contributed by atoms with E-state index >= 15 is 0 Å². The molecule has 0 saturated heterocycles. The summed E-state index contributed by atoms with van der Waals surface area (Å²) in [6, 6.07) is 4.93. The Labute approximate surface area is 100 Å². The Kier molecular flexibility index (Phi) is 4.09. The molecule has 0 aromatic heterocycles. The Morgan fingerprint density at radius 2 is 2.00 bits per heavy atom. The average molecular weight is 238 g/mol. The lowest BCUT2D eigenvalue weighted by Gasteiger charge is -2.27. The number of hydrogen-bond donors (Lipinski definition) is 4. The Bertz CT molecular complexity index is 414. The van der Waals surface area contributed by atoms with Crippen molar-refractivity contribution in [3.8, 4) is 0 Å². The van der Waals surface area contributed by atoms with Gasteiger partial charge in [-0.3, -0.25) is 4.79 Å². The quantitative estimate of drug-likeness (QED) is 0.445. The molecule has 0 atom stereocenters. The van der Waals surface area contributed by atoms with E-state index in [-0.39, 0.29) is 19.0 Å². The number of nitrogen functional groups attached to an aromatic ring is 1. The van der Waals surface area contributed by atoms with E-state index in [1.807, 2.05) is 0 Å². The van der Waals surface area contributed by atoms with Crippen LogP contribution in [0, 0.1) is 0 Å². The number of hydrogen-bond acceptors (Lipinski definition) is 5. The molecule has 0 fully saturated rings. The highest BCUT2D eigenvalue weighted by molar-refractivity contribution is 6.00. The summed E-state index contributed by atoms with van der Waals surface area (Å²) in [5, 5.41) is 21.3. The van der Waals surface area contributed by atoms with E-state index in [0.717, 1.165) is 0 Å². The van der Waals surface area contributed by atoms with Crippen molar-refractivity contribution in [2.75, 3.05) is 24.3 Å². The number of carbonyl (C=O) groups excluding carboxylic acids is 1. The predicted molar refractivity (Wildman–Crippen MR) is 67.1 cm³/mol. The van der Waals surface area contributed by atoms with Gasteiger partial charge in [-0.1, -0.05) is 0 Å². The maximum Gasteiger partial charge on any atom is 0.161 e. The number of carbonyl (C=O) groups is 1. The molecule has 0 aliphatic rings. The molecule has 5 N–H and O–H groups in total. The standard InChI is InChI=1S/C12H18N2O3/c1-8(17)10-5-9(3-4-11(10)13)14-12(2,6-15)7-16/h3-5,14-16H,6-7,13H2,1-2H3. The van der Waals surface area contributed by atoms with Gasteiger partial charge in [-0.2, -0.15) is 0 Å². The van der Waals surface area contributed by atoms with Crippen LogP contribution in [-0.2, 0) is 0 Å². The van der Waals surface area contributed by atoms with Gasteiger partial charge in [-0.05, 0) is 32.0 Å². The second-order valence-corrected chi connectivity index (χ2v) is 4.36. The minimum Gasteiger partial charge on any atom is -0.398 e. The van der Waals surface area contributed by atoms with Crippen LogP contribution < -0.4 is 11.1 Å². The summed E-state index contributed by atoms with van der Waals surface area (Å²) in [6.45, 7) is 2.68. The zero-order valence-electron chi connectivity index (χ0n) is 10.0. The number of aliphatic hydroxyl groups excluding tert-OH is 2. The largest absolute Gasteiger partial charge is 0.398 e. The summed E-state index contributed by atoms with van der Waals surface area (Å²) in [5.41, 5.74) is 6.32. The van der Waals surface area contributed by atoms with E-state index in [9.17, 15) is 4.79 Å². The number of Topliss-reactive ketones (excluding diaryl/α,β-unsaturated/α-hetero) is 1. The molecule has 1 aromatic rings. The van der Waals surface area contributed by atoms with Crippen molar-refractivity contribution in [3.63, 3.8) is 0 Å². The Morgan fingerprint density at radius 3 is 2.47 bits per heavy atom. The first kappa shape index (κ1) is 13.5. The number of ketones is 1. The van der Waals surface area contributed by atoms with Crippen LogP contribution in [0.25, 0.3) is 0 Å². The van der Waals surface area contributed by atoms with Crippen LogP contribution in [0.15, 0.2) is 18.2 Å². The normalized spacial score (nSPS) is 11.3. The Balaban J connectivity index is 3.01. The number of aliphatic hydroxyl groups is 2. The van der Waals surface area contributed by atoms with Crippen LogP contribution in [0.5, 0.6) is 0 Å². The number of rotatable bonds is 5. The van der Waals surface area contributed by atoms with Gasteiger partial charge in [0.05, 0.1) is 18.8 Å². The van der Waals surface area contributed by atoms with Gasteiger partial charge in [0, 0.05) is 16.9 Å². The zero-order chi connectivity index (χ0) is 13.1. The molecule has 0 amide bonds. The first-order chi connectivity index (χ1) is 7.91. The lowest BCUT2D eigenvalue weighted by molar-refractivity contribution is 0.101. The van der Waals surface area contributed by atoms with Crippen molar-refractivity contribution >= 4 is 17.2 Å². The topological polar surface area (TPSA) is 95.6 Å². The lowest BCUT2D eigenvalue weighted by atomic mass is 10.0. The fourth-order valence-corrected chi connectivity index (χ4v) is 1.42. The third-order valence-corrected chi connectivity index (χ3v) is 2.58. The van der Waals surface area contributed by atoms with E-state index in [2.05, 4.69) is 5.32 Å². The summed E-state index contributed by atoms with van der Waals surface area (Å²) >= 11 is 0. The number of nitrogens with one attached hydrogen (secondary N) is 1. The third-order valence-electron chi connectivity index (χ3n) is 2.58. The minimum atomic E-state index is -0.829. The molecule has 0 aliphatic carbocycles. The number of anilines is 2. The van der Waals surface area contributed by atoms with Crippen molar-refractivity contribution in [2.45, 2.75) is 19.4 Å². The van der Waals surface area contributed by atoms with Gasteiger partial charge in [-0.15, -0.1) is 0 Å². The van der Waals surface area contributed by atoms with Crippen molar-refractivity contribution in [2.24, 2.45) is 0 Å². The van der Waals surface area contributed by atoms with Crippen molar-refractivity contribution < 1.29 is 15.0 Å². The minimum absolute atomic E-state index is 0.124. The highest BCUT2D eigenvalue weighted by atomic mass is 16.3. The molecule has 0 aliphatic heterocycles. The van der Waals surface area contributed by atoms with E-state index in [1.165, 1.54) is 6.92 Å². The molecule has 0 unspecified atom stereocenters. The molecule has 0 heterocycles. The van der Waals surface area contributed by atoms with Gasteiger partial charge < -0.3 is 21.3 Å². The summed E-state index contributed by atoms with van der Waals surface area (Å²) in [6.07, 6.45) is 0. The smallest absolute Gasteiger partial charge is 0.161 e. The zero-order valence-corrected chi connectivity index (χ0v) is 10.0. The van der Waals surface area contributed by atoms with Crippen LogP contribution in [0.3, 0.4) is 0 Å². The van der Waals surface area contributed by atoms with E-state index in [4.69, 9.17) is 15.9 Å². The maximum absolute atomic E-state index is 11.3. The maximum atomic E-state index is 11.3. The Hall–Kier alpha value is -1.59. The first-order valence-corrected chi connectivity index (χ1v) is 5.32. The molecular formula is C12H18N2O3. The van der Waals surface area contributed by atoms with E-state index in [0.29, 0.717) is 16.9 Å². The average Bonchev–Trinajstić information content (AvgIpc) is 2.31. The molecule has 5 heteroatoms. The molecule has 94 valence electrons. The number of nitrogens with two attached hydrogens (primary N) is 1. The highest BCUT2D eigenvalue weighted by Gasteiger charge is 2.22. The summed E-state index contributed by atoms with van der Waals surface area (Å²) in [7, 11) is 0. The third kappa shape index (κ3) is 3.18. The first-order valence-electron chi connectivity index (χ1n) is 5.32. The van der Waals surface area contributed by atoms with Gasteiger partial charge in [0.25, 0.3) is 0 Å². The van der Waals surface area contributed by atoms with Gasteiger partial charge in [0.1, 0.15) is 0 Å². The van der Waals surface area contributed by atoms with Crippen LogP contribution in [-0.4, -0.2) is 34.7 Å². The molecule has 1 aromatic carbocycles. The molecule has 17 heavy (non-hydrogen) atoms. The molecule has 5 nitrogen and oxygen atoms in total. The van der Waals surface area contributed by atoms with Crippen molar-refractivity contribution in [3.05, 3.63) is 23.8 Å². The van der Waals surface area contributed by atoms with Gasteiger partial charge in [0.15, 0.2) is 5.78 Å². The van der Waals surface area contributed by atoms with Crippen molar-refractivity contribution in [1.82, 2.24) is 0 Å². The molecule has 0 saturated carbocycles. The molecule has 0 bridgehead atoms. The van der Waals surface area contributed by atoms with Crippen LogP contribution in [0.2, 0.25) is 0 Å². The van der Waals surface area contributed by atoms with Crippen LogP contribution in [0.1, 0.15) is 24.2 Å². The molecule has 0 radical (unpaired) electrons. The van der Waals surface area contributed by atoms with Gasteiger partial charge in [-0.25, -0.2) is 0 Å². The molecule has 0 spiro atoms. The second kappa shape index (κ2) is 5.16. The molecule has 1 rings (SSSR count). The fraction of sp³-hybridized carbons (Fsp3) is 0.417. The summed E-state index contributed by atoms with van der Waals surface area (Å²) in [5.74, 6) is -0.124. The predicted octanol–water partition coefficient (Wildman–Crippen LogP) is 0.627. The van der Waals surface area contributed by atoms with Crippen LogP contribution >= 0.6 is 0 Å². The summed E-state index contributed by atoms with van der Waals surface area (Å²) < 4.78 is 0. The lowest BCUT2D eigenvalue weighted by Crippen LogP contribution is -2.42. The fourth-order valence-electron chi connectivity index (χ4n) is 1.42. The highest BCUT2D eigenvalue weighted by Crippen LogP contribution is 2.21. The van der Waals surface area contributed by atoms with Gasteiger partial charge >= 0.3 is 0 Å². The van der Waals surface area contributed by atoms with Crippen molar-refractivity contribution in [1.29, 1.82) is 0 Å². The van der Waals surface area contributed by atoms with E-state index < -0.39 is 5.54 Å². The van der Waals surface area contributed by atoms with Gasteiger partial charge in [0.2, 0.25) is 0 Å². The van der Waals surface area contributed by atoms with E-state index in [1.54, 1.807) is 25.1 Å². The van der Waals surface area contributed by atoms with Crippen LogP contribution in [0.4, 0.5) is 11.4 Å².